The van der Waals surface area contributed by atoms with Gasteiger partial charge in [0.2, 0.25) is 0 Å². The summed E-state index contributed by atoms with van der Waals surface area (Å²) in [5, 5.41) is 10.1. The topological polar surface area (TPSA) is 46.5 Å². The van der Waals surface area contributed by atoms with E-state index in [1.54, 1.807) is 6.08 Å². The molecule has 4 bridgehead atoms. The molecule has 122 valence electrons. The van der Waals surface area contributed by atoms with E-state index in [0.29, 0.717) is 6.42 Å². The molecule has 0 saturated heterocycles. The smallest absolute Gasteiger partial charge is 0.405 e. The largest absolute Gasteiger partial charge is 0.459 e. The molecule has 3 nitrogen and oxygen atoms in total. The van der Waals surface area contributed by atoms with Crippen molar-refractivity contribution in [2.24, 2.45) is 29.1 Å². The highest BCUT2D eigenvalue weighted by Crippen LogP contribution is 2.61. The van der Waals surface area contributed by atoms with Crippen LogP contribution in [0.2, 0.25) is 0 Å². The normalized spacial score (nSPS) is 49.1. The van der Waals surface area contributed by atoms with Crippen LogP contribution in [0.3, 0.4) is 0 Å². The van der Waals surface area contributed by atoms with Crippen molar-refractivity contribution in [2.75, 3.05) is 0 Å². The predicted octanol–water partition coefficient (Wildman–Crippen LogP) is 2.83. The monoisotopic (exact) mass is 316 g/mol. The van der Waals surface area contributed by atoms with Crippen LogP contribution < -0.4 is 0 Å². The summed E-state index contributed by atoms with van der Waals surface area (Å²) >= 11 is 0. The van der Waals surface area contributed by atoms with E-state index in [0.717, 1.165) is 19.3 Å². The number of aliphatic hydroxyl groups is 1. The van der Waals surface area contributed by atoms with E-state index < -0.39 is 35.7 Å². The van der Waals surface area contributed by atoms with Gasteiger partial charge >= 0.3 is 12.1 Å². The molecular formula is C16H19F3O3. The highest BCUT2D eigenvalue weighted by molar-refractivity contribution is 5.80. The first-order valence-electron chi connectivity index (χ1n) is 7.97. The lowest BCUT2D eigenvalue weighted by Gasteiger charge is -2.37. The van der Waals surface area contributed by atoms with Gasteiger partial charge in [0.1, 0.15) is 6.10 Å². The highest BCUT2D eigenvalue weighted by atomic mass is 19.4. The van der Waals surface area contributed by atoms with E-state index in [2.05, 4.69) is 0 Å². The number of alkyl halides is 3. The van der Waals surface area contributed by atoms with Gasteiger partial charge < -0.3 is 9.84 Å². The molecule has 0 aliphatic heterocycles. The first-order chi connectivity index (χ1) is 10.3. The fourth-order valence-corrected chi connectivity index (χ4v) is 5.14. The standard InChI is InChI=1S/C16H19F3O3/c17-16(18,19)15(7-8-1-4-11(15)5-8)14(21)22-13-10-3-2-9(6-10)12(13)20/h1,4,8-13,20H,2-3,5-7H2. The minimum absolute atomic E-state index is 0.0170. The van der Waals surface area contributed by atoms with Gasteiger partial charge in [-0.15, -0.1) is 0 Å². The molecule has 7 atom stereocenters. The maximum atomic E-state index is 13.7. The van der Waals surface area contributed by atoms with E-state index in [1.807, 2.05) is 0 Å². The summed E-state index contributed by atoms with van der Waals surface area (Å²) in [6, 6.07) is 0. The Morgan fingerprint density at radius 3 is 2.41 bits per heavy atom. The van der Waals surface area contributed by atoms with E-state index in [9.17, 15) is 23.1 Å². The maximum Gasteiger partial charge on any atom is 0.405 e. The fourth-order valence-electron chi connectivity index (χ4n) is 5.14. The fraction of sp³-hybridized carbons (Fsp3) is 0.812. The van der Waals surface area contributed by atoms with Gasteiger partial charge in [0, 0.05) is 5.92 Å². The molecule has 0 radical (unpaired) electrons. The molecule has 0 aromatic carbocycles. The van der Waals surface area contributed by atoms with Gasteiger partial charge in [-0.05, 0) is 49.9 Å². The number of allylic oxidation sites excluding steroid dienone is 2. The Labute approximate surface area is 126 Å². The second kappa shape index (κ2) is 4.49. The van der Waals surface area contributed by atoms with Crippen molar-refractivity contribution in [3.05, 3.63) is 12.2 Å². The van der Waals surface area contributed by atoms with E-state index in [4.69, 9.17) is 4.74 Å². The second-order valence-electron chi connectivity index (χ2n) is 7.35. The first-order valence-corrected chi connectivity index (χ1v) is 7.97. The summed E-state index contributed by atoms with van der Waals surface area (Å²) in [6.45, 7) is 0. The molecule has 0 spiro atoms. The van der Waals surface area contributed by atoms with Crippen LogP contribution in [0, 0.1) is 29.1 Å². The zero-order valence-electron chi connectivity index (χ0n) is 12.1. The van der Waals surface area contributed by atoms with Crippen LogP contribution in [0.5, 0.6) is 0 Å². The molecule has 6 heteroatoms. The maximum absolute atomic E-state index is 13.7. The Bertz CT molecular complexity index is 527. The molecule has 22 heavy (non-hydrogen) atoms. The zero-order valence-corrected chi connectivity index (χ0v) is 12.1. The first kappa shape index (κ1) is 14.5. The summed E-state index contributed by atoms with van der Waals surface area (Å²) in [4.78, 5) is 12.5. The number of rotatable bonds is 2. The van der Waals surface area contributed by atoms with E-state index in [-0.39, 0.29) is 24.2 Å². The van der Waals surface area contributed by atoms with Gasteiger partial charge in [0.25, 0.3) is 0 Å². The third kappa shape index (κ3) is 1.76. The van der Waals surface area contributed by atoms with Gasteiger partial charge in [-0.25, -0.2) is 0 Å². The number of halogens is 3. The molecule has 4 aliphatic carbocycles. The predicted molar refractivity (Wildman–Crippen MR) is 70.6 cm³/mol. The molecule has 0 aromatic heterocycles. The number of carbonyl (C=O) groups excluding carboxylic acids is 1. The van der Waals surface area contributed by atoms with Crippen LogP contribution in [0.1, 0.15) is 32.1 Å². The molecule has 1 N–H and O–H groups in total. The molecule has 4 rings (SSSR count). The minimum Gasteiger partial charge on any atom is -0.459 e. The van der Waals surface area contributed by atoms with Crippen molar-refractivity contribution in [3.63, 3.8) is 0 Å². The summed E-state index contributed by atoms with van der Waals surface area (Å²) in [7, 11) is 0. The second-order valence-corrected chi connectivity index (χ2v) is 7.35. The van der Waals surface area contributed by atoms with Crippen LogP contribution in [-0.4, -0.2) is 29.5 Å². The number of hydrogen-bond acceptors (Lipinski definition) is 3. The Kier molecular flexibility index (Phi) is 2.97. The molecule has 7 unspecified atom stereocenters. The summed E-state index contributed by atoms with van der Waals surface area (Å²) in [5.74, 6) is -2.09. The van der Waals surface area contributed by atoms with Crippen molar-refractivity contribution < 1.29 is 27.8 Å². The Balaban J connectivity index is 1.59. The Hall–Kier alpha value is -1.04. The van der Waals surface area contributed by atoms with Crippen LogP contribution in [0.15, 0.2) is 12.2 Å². The molecule has 4 aliphatic rings. The van der Waals surface area contributed by atoms with Crippen LogP contribution in [-0.2, 0) is 9.53 Å². The minimum atomic E-state index is -4.61. The molecule has 3 saturated carbocycles. The van der Waals surface area contributed by atoms with Crippen LogP contribution in [0.4, 0.5) is 13.2 Å². The van der Waals surface area contributed by atoms with Crippen molar-refractivity contribution in [1.29, 1.82) is 0 Å². The lowest BCUT2D eigenvalue weighted by Crippen LogP contribution is -2.51. The molecule has 0 amide bonds. The van der Waals surface area contributed by atoms with Gasteiger partial charge in [0.05, 0.1) is 6.10 Å². The van der Waals surface area contributed by atoms with Crippen LogP contribution in [0.25, 0.3) is 0 Å². The number of esters is 1. The Morgan fingerprint density at radius 2 is 1.91 bits per heavy atom. The lowest BCUT2D eigenvalue weighted by atomic mass is 9.75. The SMILES string of the molecule is O=C(OC1C2CCC(C2)C1O)C1(C(F)(F)F)CC2C=CC1C2. The molecular weight excluding hydrogens is 297 g/mol. The molecule has 3 fully saturated rings. The number of ether oxygens (including phenoxy) is 1. The average molecular weight is 316 g/mol. The molecule has 0 heterocycles. The average Bonchev–Trinajstić information content (AvgIpc) is 3.18. The van der Waals surface area contributed by atoms with Crippen molar-refractivity contribution >= 4 is 5.97 Å². The lowest BCUT2D eigenvalue weighted by molar-refractivity contribution is -0.247. The van der Waals surface area contributed by atoms with Crippen LogP contribution >= 0.6 is 0 Å². The van der Waals surface area contributed by atoms with Gasteiger partial charge in [-0.2, -0.15) is 13.2 Å². The zero-order chi connectivity index (χ0) is 15.7. The number of hydrogen-bond donors (Lipinski definition) is 1. The number of aliphatic hydroxyl groups excluding tert-OH is 1. The third-order valence-electron chi connectivity index (χ3n) is 6.30. The van der Waals surface area contributed by atoms with E-state index >= 15 is 0 Å². The molecule has 0 aromatic rings. The summed E-state index contributed by atoms with van der Waals surface area (Å²) in [5.41, 5.74) is -2.41. The van der Waals surface area contributed by atoms with Crippen molar-refractivity contribution in [2.45, 2.75) is 50.5 Å². The van der Waals surface area contributed by atoms with Crippen molar-refractivity contribution in [3.8, 4) is 0 Å². The van der Waals surface area contributed by atoms with Gasteiger partial charge in [-0.1, -0.05) is 12.2 Å². The number of fused-ring (bicyclic) bond motifs is 4. The Morgan fingerprint density at radius 1 is 1.18 bits per heavy atom. The van der Waals surface area contributed by atoms with Gasteiger partial charge in [-0.3, -0.25) is 4.79 Å². The third-order valence-corrected chi connectivity index (χ3v) is 6.30. The van der Waals surface area contributed by atoms with E-state index in [1.165, 1.54) is 6.08 Å². The van der Waals surface area contributed by atoms with Gasteiger partial charge in [0.15, 0.2) is 5.41 Å². The highest BCUT2D eigenvalue weighted by Gasteiger charge is 2.70. The summed E-state index contributed by atoms with van der Waals surface area (Å²) in [6.07, 6.45) is -0.283. The van der Waals surface area contributed by atoms with Crippen molar-refractivity contribution in [1.82, 2.24) is 0 Å². The number of carbonyl (C=O) groups is 1. The summed E-state index contributed by atoms with van der Waals surface area (Å²) < 4.78 is 46.3. The quantitative estimate of drug-likeness (QED) is 0.629.